The molecular weight excluding hydrogens is 246 g/mol. The molecule has 104 valence electrons. The largest absolute Gasteiger partial charge is 0.326 e. The molecule has 1 unspecified atom stereocenters. The van der Waals surface area contributed by atoms with Crippen LogP contribution in [0.2, 0.25) is 0 Å². The fourth-order valence-electron chi connectivity index (χ4n) is 1.79. The predicted octanol–water partition coefficient (Wildman–Crippen LogP) is 2.23. The van der Waals surface area contributed by atoms with E-state index in [1.807, 2.05) is 13.8 Å². The van der Waals surface area contributed by atoms with Crippen LogP contribution >= 0.6 is 0 Å². The zero-order chi connectivity index (χ0) is 14.4. The average Bonchev–Trinajstić information content (AvgIpc) is 2.31. The van der Waals surface area contributed by atoms with Gasteiger partial charge in [0.25, 0.3) is 5.69 Å². The van der Waals surface area contributed by atoms with E-state index >= 15 is 0 Å². The van der Waals surface area contributed by atoms with Crippen LogP contribution in [0.3, 0.4) is 0 Å². The van der Waals surface area contributed by atoms with Crippen LogP contribution in [0, 0.1) is 17.0 Å². The summed E-state index contributed by atoms with van der Waals surface area (Å²) >= 11 is 0. The number of nitro groups is 1. The number of carbonyl (C=O) groups is 1. The summed E-state index contributed by atoms with van der Waals surface area (Å²) < 4.78 is 0. The summed E-state index contributed by atoms with van der Waals surface area (Å²) in [5.41, 5.74) is 1.03. The molecule has 0 heterocycles. The van der Waals surface area contributed by atoms with Crippen LogP contribution in [0.25, 0.3) is 0 Å². The highest BCUT2D eigenvalue weighted by Gasteiger charge is 2.13. The van der Waals surface area contributed by atoms with Crippen molar-refractivity contribution in [2.45, 2.75) is 33.2 Å². The normalized spacial score (nSPS) is 11.9. The van der Waals surface area contributed by atoms with E-state index in [1.165, 1.54) is 6.07 Å². The van der Waals surface area contributed by atoms with Gasteiger partial charge in [-0.2, -0.15) is 0 Å². The minimum Gasteiger partial charge on any atom is -0.326 e. The maximum Gasteiger partial charge on any atom is 0.274 e. The van der Waals surface area contributed by atoms with Crippen molar-refractivity contribution < 1.29 is 9.72 Å². The number of anilines is 1. The first-order chi connectivity index (χ1) is 8.93. The molecule has 1 aromatic rings. The van der Waals surface area contributed by atoms with E-state index in [0.29, 0.717) is 17.7 Å². The van der Waals surface area contributed by atoms with Crippen LogP contribution in [0.5, 0.6) is 0 Å². The molecule has 0 aromatic heterocycles. The van der Waals surface area contributed by atoms with Crippen molar-refractivity contribution in [3.05, 3.63) is 33.9 Å². The molecule has 2 N–H and O–H groups in total. The molecule has 1 rings (SSSR count). The minimum absolute atomic E-state index is 0.0116. The van der Waals surface area contributed by atoms with Crippen molar-refractivity contribution >= 4 is 17.3 Å². The topological polar surface area (TPSA) is 84.3 Å². The van der Waals surface area contributed by atoms with Gasteiger partial charge in [-0.3, -0.25) is 14.9 Å². The molecule has 1 amide bonds. The Kier molecular flexibility index (Phi) is 5.44. The van der Waals surface area contributed by atoms with Crippen molar-refractivity contribution in [3.63, 3.8) is 0 Å². The number of nitrogens with zero attached hydrogens (tertiary/aromatic N) is 1. The fourth-order valence-corrected chi connectivity index (χ4v) is 1.79. The smallest absolute Gasteiger partial charge is 0.274 e. The molecule has 0 aliphatic heterocycles. The van der Waals surface area contributed by atoms with Gasteiger partial charge in [0.1, 0.15) is 0 Å². The summed E-state index contributed by atoms with van der Waals surface area (Å²) in [4.78, 5) is 22.1. The quantitative estimate of drug-likeness (QED) is 0.610. The third kappa shape index (κ3) is 4.67. The second-order valence-corrected chi connectivity index (χ2v) is 4.47. The molecule has 6 heteroatoms. The van der Waals surface area contributed by atoms with E-state index in [9.17, 15) is 14.9 Å². The maximum absolute atomic E-state index is 11.7. The Morgan fingerprint density at radius 1 is 1.47 bits per heavy atom. The molecule has 1 aromatic carbocycles. The number of nitro benzene ring substituents is 1. The first-order valence-electron chi connectivity index (χ1n) is 6.22. The lowest BCUT2D eigenvalue weighted by Gasteiger charge is -2.12. The Morgan fingerprint density at radius 2 is 2.16 bits per heavy atom. The van der Waals surface area contributed by atoms with Gasteiger partial charge in [-0.1, -0.05) is 13.0 Å². The van der Waals surface area contributed by atoms with Gasteiger partial charge >= 0.3 is 0 Å². The van der Waals surface area contributed by atoms with Gasteiger partial charge in [0.2, 0.25) is 5.91 Å². The number of amides is 1. The van der Waals surface area contributed by atoms with Crippen LogP contribution in [-0.2, 0) is 4.79 Å². The molecule has 0 spiro atoms. The maximum atomic E-state index is 11.7. The van der Waals surface area contributed by atoms with Crippen LogP contribution in [0.1, 0.15) is 25.8 Å². The first kappa shape index (κ1) is 15.1. The van der Waals surface area contributed by atoms with Gasteiger partial charge in [-0.25, -0.2) is 0 Å². The zero-order valence-electron chi connectivity index (χ0n) is 11.4. The van der Waals surface area contributed by atoms with Crippen LogP contribution in [0.4, 0.5) is 11.4 Å². The second kappa shape index (κ2) is 6.84. The standard InChI is InChI=1S/C13H19N3O3/c1-4-14-10(3)7-13(17)15-11-6-5-9(2)12(8-11)16(18)19/h5-6,8,10,14H,4,7H2,1-3H3,(H,15,17). The van der Waals surface area contributed by atoms with Gasteiger partial charge in [-0.05, 0) is 26.5 Å². The number of benzene rings is 1. The SMILES string of the molecule is CCNC(C)CC(=O)Nc1ccc(C)c([N+](=O)[O-])c1. The lowest BCUT2D eigenvalue weighted by atomic mass is 10.1. The molecule has 0 aliphatic carbocycles. The average molecular weight is 265 g/mol. The Hall–Kier alpha value is -1.95. The summed E-state index contributed by atoms with van der Waals surface area (Å²) in [6.45, 7) is 6.35. The van der Waals surface area contributed by atoms with E-state index < -0.39 is 4.92 Å². The predicted molar refractivity (Wildman–Crippen MR) is 74.2 cm³/mol. The van der Waals surface area contributed by atoms with Crippen LogP contribution in [-0.4, -0.2) is 23.4 Å². The molecule has 0 saturated heterocycles. The number of carbonyl (C=O) groups excluding carboxylic acids is 1. The molecule has 0 bridgehead atoms. The third-order valence-corrected chi connectivity index (χ3v) is 2.73. The van der Waals surface area contributed by atoms with E-state index in [1.54, 1.807) is 19.1 Å². The number of hydrogen-bond acceptors (Lipinski definition) is 4. The molecule has 0 aliphatic rings. The number of rotatable bonds is 6. The highest BCUT2D eigenvalue weighted by Crippen LogP contribution is 2.22. The molecule has 0 radical (unpaired) electrons. The molecule has 1 atom stereocenters. The van der Waals surface area contributed by atoms with Gasteiger partial charge in [0, 0.05) is 29.8 Å². The summed E-state index contributed by atoms with van der Waals surface area (Å²) in [6, 6.07) is 4.75. The van der Waals surface area contributed by atoms with E-state index in [4.69, 9.17) is 0 Å². The van der Waals surface area contributed by atoms with Gasteiger partial charge in [-0.15, -0.1) is 0 Å². The van der Waals surface area contributed by atoms with Gasteiger partial charge in [0.15, 0.2) is 0 Å². The molecule has 0 fully saturated rings. The fraction of sp³-hybridized carbons (Fsp3) is 0.462. The monoisotopic (exact) mass is 265 g/mol. The zero-order valence-corrected chi connectivity index (χ0v) is 11.4. The highest BCUT2D eigenvalue weighted by molar-refractivity contribution is 5.91. The molecule has 0 saturated carbocycles. The lowest BCUT2D eigenvalue weighted by Crippen LogP contribution is -2.30. The van der Waals surface area contributed by atoms with E-state index in [-0.39, 0.29) is 17.6 Å². The second-order valence-electron chi connectivity index (χ2n) is 4.47. The Balaban J connectivity index is 2.69. The summed E-state index contributed by atoms with van der Waals surface area (Å²) in [6.07, 6.45) is 0.329. The first-order valence-corrected chi connectivity index (χ1v) is 6.22. The molecule has 6 nitrogen and oxygen atoms in total. The number of nitrogens with one attached hydrogen (secondary N) is 2. The summed E-state index contributed by atoms with van der Waals surface area (Å²) in [7, 11) is 0. The Bertz CT molecular complexity index is 474. The van der Waals surface area contributed by atoms with Gasteiger partial charge < -0.3 is 10.6 Å². The number of hydrogen-bond donors (Lipinski definition) is 2. The Morgan fingerprint density at radius 3 is 2.74 bits per heavy atom. The van der Waals surface area contributed by atoms with E-state index in [0.717, 1.165) is 6.54 Å². The third-order valence-electron chi connectivity index (χ3n) is 2.73. The van der Waals surface area contributed by atoms with Crippen molar-refractivity contribution in [2.24, 2.45) is 0 Å². The Labute approximate surface area is 112 Å². The summed E-state index contributed by atoms with van der Waals surface area (Å²) in [5, 5.41) is 16.6. The van der Waals surface area contributed by atoms with Crippen LogP contribution < -0.4 is 10.6 Å². The molecule has 19 heavy (non-hydrogen) atoms. The van der Waals surface area contributed by atoms with Crippen molar-refractivity contribution in [2.75, 3.05) is 11.9 Å². The molecular formula is C13H19N3O3. The van der Waals surface area contributed by atoms with Crippen LogP contribution in [0.15, 0.2) is 18.2 Å². The van der Waals surface area contributed by atoms with Crippen molar-refractivity contribution in [1.29, 1.82) is 0 Å². The minimum atomic E-state index is -0.452. The lowest BCUT2D eigenvalue weighted by molar-refractivity contribution is -0.385. The highest BCUT2D eigenvalue weighted by atomic mass is 16.6. The van der Waals surface area contributed by atoms with E-state index in [2.05, 4.69) is 10.6 Å². The van der Waals surface area contributed by atoms with Crippen molar-refractivity contribution in [1.82, 2.24) is 5.32 Å². The number of aryl methyl sites for hydroxylation is 1. The summed E-state index contributed by atoms with van der Waals surface area (Å²) in [5.74, 6) is -0.161. The van der Waals surface area contributed by atoms with Gasteiger partial charge in [0.05, 0.1) is 4.92 Å². The van der Waals surface area contributed by atoms with Crippen molar-refractivity contribution in [3.8, 4) is 0 Å².